The van der Waals surface area contributed by atoms with Gasteiger partial charge < -0.3 is 47.7 Å². The monoisotopic (exact) mass is 662 g/mol. The van der Waals surface area contributed by atoms with E-state index < -0.39 is 60.2 Å². The van der Waals surface area contributed by atoms with E-state index in [0.717, 1.165) is 51.4 Å². The number of rotatable bonds is 23. The topological polar surface area (TPSA) is 120 Å². The van der Waals surface area contributed by atoms with Gasteiger partial charge in [0.15, 0.2) is 12.1 Å². The van der Waals surface area contributed by atoms with E-state index in [4.69, 9.17) is 42.6 Å². The van der Waals surface area contributed by atoms with Gasteiger partial charge >= 0.3 is 5.97 Å². The zero-order valence-electron chi connectivity index (χ0n) is 30.3. The number of esters is 1. The summed E-state index contributed by atoms with van der Waals surface area (Å²) in [6.07, 6.45) is 2.32. The average Bonchev–Trinajstić information content (AvgIpc) is 3.32. The van der Waals surface area contributed by atoms with E-state index in [0.29, 0.717) is 33.0 Å². The van der Waals surface area contributed by atoms with Gasteiger partial charge in [-0.15, -0.1) is 0 Å². The van der Waals surface area contributed by atoms with Crippen LogP contribution in [0.2, 0.25) is 0 Å². The van der Waals surface area contributed by atoms with Gasteiger partial charge in [-0.25, -0.2) is 0 Å². The van der Waals surface area contributed by atoms with E-state index in [1.54, 1.807) is 34.6 Å². The maximum absolute atomic E-state index is 12.4. The molecule has 2 aliphatic rings. The Morgan fingerprint density at radius 1 is 0.739 bits per heavy atom. The van der Waals surface area contributed by atoms with Crippen molar-refractivity contribution in [3.8, 4) is 0 Å². The minimum Gasteiger partial charge on any atom is -0.462 e. The predicted octanol–water partition coefficient (Wildman–Crippen LogP) is 5.57. The minimum atomic E-state index is -1.10. The van der Waals surface area contributed by atoms with Crippen molar-refractivity contribution in [3.05, 3.63) is 0 Å². The molecule has 272 valence electrons. The molecule has 46 heavy (non-hydrogen) atoms. The smallest absolute Gasteiger partial charge is 0.311 e. The SMILES string of the molecule is CCCCOCC1OC(OC[C@@H](O)[C@@H]2OC(C)(C)O[C@@H]2COC(=O)C(C)(C)C)C(OCCCC)C(OCCCC)C1OCCCC. The van der Waals surface area contributed by atoms with Crippen molar-refractivity contribution in [1.82, 2.24) is 0 Å². The molecular weight excluding hydrogens is 596 g/mol. The van der Waals surface area contributed by atoms with Crippen LogP contribution in [-0.2, 0) is 47.4 Å². The molecule has 2 rings (SSSR count). The van der Waals surface area contributed by atoms with E-state index in [1.165, 1.54) is 0 Å². The van der Waals surface area contributed by atoms with Gasteiger partial charge in [-0.2, -0.15) is 0 Å². The molecule has 2 aliphatic heterocycles. The summed E-state index contributed by atoms with van der Waals surface area (Å²) in [5, 5.41) is 11.4. The maximum Gasteiger partial charge on any atom is 0.311 e. The largest absolute Gasteiger partial charge is 0.462 e. The second-order valence-electron chi connectivity index (χ2n) is 13.9. The number of hydrogen-bond donors (Lipinski definition) is 1. The Morgan fingerprint density at radius 3 is 1.85 bits per heavy atom. The Morgan fingerprint density at radius 2 is 1.28 bits per heavy atom. The summed E-state index contributed by atoms with van der Waals surface area (Å²) in [5.74, 6) is -1.33. The first kappa shape index (κ1) is 41.3. The highest BCUT2D eigenvalue weighted by molar-refractivity contribution is 5.75. The van der Waals surface area contributed by atoms with Crippen molar-refractivity contribution in [2.45, 2.75) is 168 Å². The van der Waals surface area contributed by atoms with Crippen LogP contribution in [0.15, 0.2) is 0 Å². The van der Waals surface area contributed by atoms with Gasteiger partial charge in [0, 0.05) is 26.4 Å². The number of unbranched alkanes of at least 4 members (excludes halogenated alkanes) is 4. The Labute approximate surface area is 278 Å². The van der Waals surface area contributed by atoms with Gasteiger partial charge in [-0.05, 0) is 60.3 Å². The molecule has 11 nitrogen and oxygen atoms in total. The Kier molecular flexibility index (Phi) is 19.1. The van der Waals surface area contributed by atoms with Crippen LogP contribution in [0.5, 0.6) is 0 Å². The van der Waals surface area contributed by atoms with Crippen molar-refractivity contribution in [1.29, 1.82) is 0 Å². The Hall–Kier alpha value is -0.890. The molecule has 0 spiro atoms. The highest BCUT2D eigenvalue weighted by atomic mass is 16.8. The zero-order valence-corrected chi connectivity index (χ0v) is 30.3. The van der Waals surface area contributed by atoms with Crippen LogP contribution in [0.1, 0.15) is 114 Å². The van der Waals surface area contributed by atoms with Crippen molar-refractivity contribution >= 4 is 5.97 Å². The fourth-order valence-corrected chi connectivity index (χ4v) is 5.23. The van der Waals surface area contributed by atoms with Crippen molar-refractivity contribution < 1.29 is 52.5 Å². The highest BCUT2D eigenvalue weighted by Gasteiger charge is 2.50. The molecule has 0 amide bonds. The Bertz CT molecular complexity index is 817. The summed E-state index contributed by atoms with van der Waals surface area (Å²) in [6.45, 7) is 19.8. The zero-order chi connectivity index (χ0) is 34.2. The van der Waals surface area contributed by atoms with Crippen LogP contribution in [0.3, 0.4) is 0 Å². The van der Waals surface area contributed by atoms with E-state index in [9.17, 15) is 9.90 Å². The normalized spacial score (nSPS) is 28.8. The van der Waals surface area contributed by atoms with E-state index in [1.807, 2.05) is 0 Å². The molecule has 1 N–H and O–H groups in total. The van der Waals surface area contributed by atoms with Crippen molar-refractivity contribution in [2.75, 3.05) is 46.2 Å². The number of ether oxygens (including phenoxy) is 9. The lowest BCUT2D eigenvalue weighted by Crippen LogP contribution is -2.62. The second kappa shape index (κ2) is 21.3. The van der Waals surface area contributed by atoms with Crippen molar-refractivity contribution in [2.24, 2.45) is 5.41 Å². The summed E-state index contributed by atoms with van der Waals surface area (Å²) in [7, 11) is 0. The van der Waals surface area contributed by atoms with E-state index in [-0.39, 0.29) is 19.2 Å². The molecule has 0 radical (unpaired) electrons. The van der Waals surface area contributed by atoms with Crippen LogP contribution in [0.25, 0.3) is 0 Å². The number of carbonyl (C=O) groups excluding carboxylic acids is 1. The average molecular weight is 663 g/mol. The molecule has 0 aromatic carbocycles. The summed E-state index contributed by atoms with van der Waals surface area (Å²) in [6, 6.07) is 0. The number of aliphatic hydroxyl groups is 1. The number of hydrogen-bond acceptors (Lipinski definition) is 11. The third-order valence-corrected chi connectivity index (χ3v) is 7.96. The first-order valence-electron chi connectivity index (χ1n) is 17.8. The predicted molar refractivity (Wildman–Crippen MR) is 175 cm³/mol. The molecule has 8 atom stereocenters. The Balaban J connectivity index is 2.26. The minimum absolute atomic E-state index is 0.0504. The van der Waals surface area contributed by atoms with Crippen LogP contribution in [-0.4, -0.2) is 112 Å². The fraction of sp³-hybridized carbons (Fsp3) is 0.971. The standard InChI is InChI=1S/C35H66O11/c1-10-14-18-38-23-26-29(39-19-15-11-2)30(40-20-16-12-3)31(41-21-17-13-4)32(44-26)42-22-25(36)28-27(45-35(8,9)46-28)24-43-33(37)34(5,6)7/h25-32,36H,10-24H2,1-9H3/t25-,26?,27-,28+,29?,30?,31?,32?/m1/s1. The summed E-state index contributed by atoms with van der Waals surface area (Å²) in [5.41, 5.74) is -0.665. The molecule has 0 bridgehead atoms. The van der Waals surface area contributed by atoms with Gasteiger partial charge in [-0.3, -0.25) is 4.79 Å². The molecule has 0 aliphatic carbocycles. The second-order valence-corrected chi connectivity index (χ2v) is 13.9. The molecule has 2 saturated heterocycles. The van der Waals surface area contributed by atoms with Crippen LogP contribution < -0.4 is 0 Å². The molecule has 5 unspecified atom stereocenters. The van der Waals surface area contributed by atoms with Crippen molar-refractivity contribution in [3.63, 3.8) is 0 Å². The fourth-order valence-electron chi connectivity index (χ4n) is 5.23. The lowest BCUT2D eigenvalue weighted by molar-refractivity contribution is -0.327. The molecule has 2 fully saturated rings. The molecule has 0 aromatic rings. The maximum atomic E-state index is 12.4. The first-order chi connectivity index (χ1) is 21.9. The molecule has 0 saturated carbocycles. The van der Waals surface area contributed by atoms with Gasteiger partial charge in [0.25, 0.3) is 0 Å². The van der Waals surface area contributed by atoms with Gasteiger partial charge in [0.1, 0.15) is 49.3 Å². The number of aliphatic hydroxyl groups excluding tert-OH is 1. The van der Waals surface area contributed by atoms with Gasteiger partial charge in [0.2, 0.25) is 0 Å². The summed E-state index contributed by atoms with van der Waals surface area (Å²) >= 11 is 0. The van der Waals surface area contributed by atoms with Crippen LogP contribution in [0.4, 0.5) is 0 Å². The number of carbonyl (C=O) groups is 1. The van der Waals surface area contributed by atoms with E-state index >= 15 is 0 Å². The van der Waals surface area contributed by atoms with Crippen LogP contribution in [0, 0.1) is 5.41 Å². The highest BCUT2D eigenvalue weighted by Crippen LogP contribution is 2.33. The lowest BCUT2D eigenvalue weighted by Gasteiger charge is -2.46. The third kappa shape index (κ3) is 13.9. The third-order valence-electron chi connectivity index (χ3n) is 7.96. The quantitative estimate of drug-likeness (QED) is 0.109. The summed E-state index contributed by atoms with van der Waals surface area (Å²) < 4.78 is 55.9. The lowest BCUT2D eigenvalue weighted by atomic mass is 9.97. The van der Waals surface area contributed by atoms with Gasteiger partial charge in [-0.1, -0.05) is 53.4 Å². The van der Waals surface area contributed by atoms with E-state index in [2.05, 4.69) is 27.7 Å². The molecule has 2 heterocycles. The molecule has 0 aromatic heterocycles. The summed E-state index contributed by atoms with van der Waals surface area (Å²) in [4.78, 5) is 12.4. The molecule has 11 heteroatoms. The molecular formula is C35H66O11. The van der Waals surface area contributed by atoms with Gasteiger partial charge in [0.05, 0.1) is 18.6 Å². The van der Waals surface area contributed by atoms with Crippen LogP contribution >= 0.6 is 0 Å². The first-order valence-corrected chi connectivity index (χ1v) is 17.8.